The third-order valence-corrected chi connectivity index (χ3v) is 6.07. The maximum absolute atomic E-state index is 13.2. The van der Waals surface area contributed by atoms with E-state index in [4.69, 9.17) is 5.11 Å². The second-order valence-corrected chi connectivity index (χ2v) is 7.97. The monoisotopic (exact) mass is 413 g/mol. The van der Waals surface area contributed by atoms with Crippen LogP contribution in [0.15, 0.2) is 35.7 Å². The number of carboxylic acid groups (broad SMARTS) is 1. The third-order valence-electron chi connectivity index (χ3n) is 5.15. The smallest absolute Gasteiger partial charge is 0.303 e. The fourth-order valence-corrected chi connectivity index (χ4v) is 4.51. The van der Waals surface area contributed by atoms with Gasteiger partial charge in [-0.15, -0.1) is 11.3 Å². The molecule has 3 N–H and O–H groups in total. The van der Waals surface area contributed by atoms with Crippen LogP contribution in [0.5, 0.6) is 0 Å². The summed E-state index contributed by atoms with van der Waals surface area (Å²) >= 11 is 1.57. The largest absolute Gasteiger partial charge is 0.481 e. The number of aliphatic carboxylic acids is 1. The van der Waals surface area contributed by atoms with Crippen molar-refractivity contribution in [3.8, 4) is 10.4 Å². The zero-order valence-corrected chi connectivity index (χ0v) is 16.2. The van der Waals surface area contributed by atoms with Crippen molar-refractivity contribution < 1.29 is 24.3 Å². The van der Waals surface area contributed by atoms with E-state index in [0.717, 1.165) is 10.4 Å². The lowest BCUT2D eigenvalue weighted by molar-refractivity contribution is -0.139. The van der Waals surface area contributed by atoms with E-state index in [9.17, 15) is 19.2 Å². The topological polar surface area (TPSA) is 116 Å². The quantitative estimate of drug-likeness (QED) is 0.693. The van der Waals surface area contributed by atoms with E-state index in [-0.39, 0.29) is 24.7 Å². The van der Waals surface area contributed by atoms with Crippen molar-refractivity contribution in [2.75, 3.05) is 11.9 Å². The molecule has 1 aromatic carbocycles. The number of carboxylic acids is 1. The summed E-state index contributed by atoms with van der Waals surface area (Å²) in [5.41, 5.74) is 1.77. The lowest BCUT2D eigenvalue weighted by atomic mass is 10.1. The van der Waals surface area contributed by atoms with Gasteiger partial charge in [-0.1, -0.05) is 12.1 Å². The first-order valence-corrected chi connectivity index (χ1v) is 10.1. The minimum Gasteiger partial charge on any atom is -0.481 e. The van der Waals surface area contributed by atoms with Crippen LogP contribution in [0.1, 0.15) is 29.6 Å². The molecular formula is C20H19N3O5S. The van der Waals surface area contributed by atoms with Gasteiger partial charge in [0.25, 0.3) is 5.91 Å². The second kappa shape index (κ2) is 7.67. The number of hydrogen-bond acceptors (Lipinski definition) is 5. The Labute approximate surface area is 170 Å². The van der Waals surface area contributed by atoms with Crippen LogP contribution in [-0.4, -0.2) is 52.3 Å². The maximum atomic E-state index is 13.2. The Bertz CT molecular complexity index is 988. The first kappa shape index (κ1) is 19.1. The van der Waals surface area contributed by atoms with Gasteiger partial charge in [-0.2, -0.15) is 0 Å². The van der Waals surface area contributed by atoms with Gasteiger partial charge in [0.2, 0.25) is 11.8 Å². The Hall–Kier alpha value is -3.20. The standard InChI is InChI=1S/C20H19N3O5S/c24-16(5-6-17(25)26)21-14-7-8-23-18(14)19(27)22-13-4-3-11(10-12(13)20(23)28)15-2-1-9-29-15/h1-4,9-10,14,18H,5-8H2,(H,21,24)(H,22,27)(H,25,26). The highest BCUT2D eigenvalue weighted by Crippen LogP contribution is 2.33. The van der Waals surface area contributed by atoms with E-state index in [1.54, 1.807) is 23.5 Å². The minimum atomic E-state index is -1.06. The summed E-state index contributed by atoms with van der Waals surface area (Å²) in [5, 5.41) is 16.2. The molecule has 3 heterocycles. The van der Waals surface area contributed by atoms with Gasteiger partial charge in [-0.25, -0.2) is 0 Å². The van der Waals surface area contributed by atoms with Crippen molar-refractivity contribution in [2.24, 2.45) is 0 Å². The highest BCUT2D eigenvalue weighted by Gasteiger charge is 2.45. The van der Waals surface area contributed by atoms with Crippen LogP contribution in [0.2, 0.25) is 0 Å². The fourth-order valence-electron chi connectivity index (χ4n) is 3.78. The van der Waals surface area contributed by atoms with Crippen molar-refractivity contribution >= 4 is 40.7 Å². The molecule has 0 radical (unpaired) electrons. The summed E-state index contributed by atoms with van der Waals surface area (Å²) in [6.45, 7) is 0.337. The second-order valence-electron chi connectivity index (χ2n) is 7.03. The van der Waals surface area contributed by atoms with Gasteiger partial charge in [0.05, 0.1) is 23.7 Å². The van der Waals surface area contributed by atoms with Crippen molar-refractivity contribution in [1.82, 2.24) is 10.2 Å². The normalized spacial score (nSPS) is 20.5. The Morgan fingerprint density at radius 2 is 2.07 bits per heavy atom. The van der Waals surface area contributed by atoms with Crippen LogP contribution < -0.4 is 10.6 Å². The molecule has 3 amide bonds. The summed E-state index contributed by atoms with van der Waals surface area (Å²) in [4.78, 5) is 51.2. The maximum Gasteiger partial charge on any atom is 0.303 e. The van der Waals surface area contributed by atoms with E-state index in [1.165, 1.54) is 4.90 Å². The first-order valence-electron chi connectivity index (χ1n) is 9.25. The Morgan fingerprint density at radius 3 is 2.79 bits per heavy atom. The minimum absolute atomic E-state index is 0.168. The molecule has 0 spiro atoms. The molecule has 0 saturated carbocycles. The molecule has 2 atom stereocenters. The molecule has 2 unspecified atom stereocenters. The summed E-state index contributed by atoms with van der Waals surface area (Å²) in [6, 6.07) is 7.89. The van der Waals surface area contributed by atoms with Gasteiger partial charge in [0, 0.05) is 17.8 Å². The molecule has 1 fully saturated rings. The number of nitrogens with zero attached hydrogens (tertiary/aromatic N) is 1. The zero-order valence-electron chi connectivity index (χ0n) is 15.4. The number of benzene rings is 1. The van der Waals surface area contributed by atoms with Crippen LogP contribution in [0.3, 0.4) is 0 Å². The van der Waals surface area contributed by atoms with Crippen molar-refractivity contribution in [2.45, 2.75) is 31.3 Å². The number of fused-ring (bicyclic) bond motifs is 2. The molecule has 4 rings (SSSR count). The van der Waals surface area contributed by atoms with Crippen molar-refractivity contribution in [1.29, 1.82) is 0 Å². The molecular weight excluding hydrogens is 394 g/mol. The summed E-state index contributed by atoms with van der Waals surface area (Å²) in [5.74, 6) is -2.13. The van der Waals surface area contributed by atoms with Gasteiger partial charge in [-0.3, -0.25) is 19.2 Å². The van der Waals surface area contributed by atoms with E-state index in [0.29, 0.717) is 24.2 Å². The Balaban J connectivity index is 1.57. The summed E-state index contributed by atoms with van der Waals surface area (Å²) in [7, 11) is 0. The van der Waals surface area contributed by atoms with Gasteiger partial charge in [-0.05, 0) is 35.6 Å². The SMILES string of the molecule is O=C(O)CCC(=O)NC1CCN2C(=O)c3cc(-c4cccs4)ccc3NC(=O)C12. The van der Waals surface area contributed by atoms with Gasteiger partial charge >= 0.3 is 5.97 Å². The molecule has 1 saturated heterocycles. The molecule has 0 aliphatic carbocycles. The van der Waals surface area contributed by atoms with Crippen LogP contribution in [-0.2, 0) is 14.4 Å². The molecule has 29 heavy (non-hydrogen) atoms. The average molecular weight is 413 g/mol. The molecule has 2 aliphatic rings. The molecule has 2 aromatic rings. The zero-order chi connectivity index (χ0) is 20.5. The molecule has 1 aromatic heterocycles. The van der Waals surface area contributed by atoms with Gasteiger partial charge < -0.3 is 20.6 Å². The lowest BCUT2D eigenvalue weighted by Crippen LogP contribution is -2.51. The van der Waals surface area contributed by atoms with E-state index >= 15 is 0 Å². The van der Waals surface area contributed by atoms with Crippen LogP contribution in [0.25, 0.3) is 10.4 Å². The number of nitrogens with one attached hydrogen (secondary N) is 2. The van der Waals surface area contributed by atoms with E-state index in [2.05, 4.69) is 10.6 Å². The summed E-state index contributed by atoms with van der Waals surface area (Å²) < 4.78 is 0. The molecule has 0 bridgehead atoms. The van der Waals surface area contributed by atoms with E-state index < -0.39 is 24.0 Å². The summed E-state index contributed by atoms with van der Waals surface area (Å²) in [6.07, 6.45) is -0.0178. The van der Waals surface area contributed by atoms with Crippen LogP contribution >= 0.6 is 11.3 Å². The molecule has 9 heteroatoms. The van der Waals surface area contributed by atoms with E-state index in [1.807, 2.05) is 23.6 Å². The predicted octanol–water partition coefficient (Wildman–Crippen LogP) is 1.93. The van der Waals surface area contributed by atoms with Gasteiger partial charge in [0.15, 0.2) is 0 Å². The van der Waals surface area contributed by atoms with Crippen molar-refractivity contribution in [3.05, 3.63) is 41.3 Å². The number of hydrogen-bond donors (Lipinski definition) is 3. The first-order chi connectivity index (χ1) is 13.9. The lowest BCUT2D eigenvalue weighted by Gasteiger charge is -2.24. The van der Waals surface area contributed by atoms with Crippen molar-refractivity contribution in [3.63, 3.8) is 0 Å². The van der Waals surface area contributed by atoms with Gasteiger partial charge in [0.1, 0.15) is 6.04 Å². The van der Waals surface area contributed by atoms with Crippen LogP contribution in [0.4, 0.5) is 5.69 Å². The number of anilines is 1. The molecule has 8 nitrogen and oxygen atoms in total. The number of carbonyl (C=O) groups excluding carboxylic acids is 3. The number of thiophene rings is 1. The molecule has 150 valence electrons. The molecule has 2 aliphatic heterocycles. The number of amides is 3. The Morgan fingerprint density at radius 1 is 1.24 bits per heavy atom. The van der Waals surface area contributed by atoms with Crippen LogP contribution in [0, 0.1) is 0 Å². The number of carbonyl (C=O) groups is 4. The highest BCUT2D eigenvalue weighted by molar-refractivity contribution is 7.13. The highest BCUT2D eigenvalue weighted by atomic mass is 32.1. The fraction of sp³-hybridized carbons (Fsp3) is 0.300. The Kier molecular flexibility index (Phi) is 5.06. The average Bonchev–Trinajstić information content (AvgIpc) is 3.34. The number of rotatable bonds is 5. The predicted molar refractivity (Wildman–Crippen MR) is 107 cm³/mol. The third kappa shape index (κ3) is 3.73.